The Hall–Kier alpha value is -2.81. The van der Waals surface area contributed by atoms with E-state index in [0.717, 1.165) is 101 Å². The smallest absolute Gasteiger partial charge is 0.170 e. The van der Waals surface area contributed by atoms with Gasteiger partial charge >= 0.3 is 0 Å². The molecule has 8 heteroatoms. The summed E-state index contributed by atoms with van der Waals surface area (Å²) in [5.74, 6) is 2.64. The molecule has 208 valence electrons. The van der Waals surface area contributed by atoms with E-state index in [-0.39, 0.29) is 0 Å². The van der Waals surface area contributed by atoms with Gasteiger partial charge in [0.25, 0.3) is 0 Å². The number of hydrogen-bond donors (Lipinski definition) is 1. The van der Waals surface area contributed by atoms with Crippen molar-refractivity contribution in [1.82, 2.24) is 20.2 Å². The summed E-state index contributed by atoms with van der Waals surface area (Å²) in [6.07, 6.45) is 3.93. The summed E-state index contributed by atoms with van der Waals surface area (Å²) in [4.78, 5) is 14.4. The third-order valence-corrected chi connectivity index (χ3v) is 8.70. The molecule has 0 bridgehead atoms. The Labute approximate surface area is 230 Å². The van der Waals surface area contributed by atoms with E-state index in [1.54, 1.807) is 7.11 Å². The number of hydrogen-bond acceptors (Lipinski definition) is 7. The van der Waals surface area contributed by atoms with E-state index in [9.17, 15) is 0 Å². The Morgan fingerprint density at radius 3 is 2.59 bits per heavy atom. The van der Waals surface area contributed by atoms with Gasteiger partial charge in [0.1, 0.15) is 11.6 Å². The Balaban J connectivity index is 1.20. The van der Waals surface area contributed by atoms with Crippen LogP contribution in [-0.4, -0.2) is 74.5 Å². The Morgan fingerprint density at radius 1 is 1.05 bits per heavy atom. The zero-order valence-corrected chi connectivity index (χ0v) is 23.0. The van der Waals surface area contributed by atoms with Crippen LogP contribution in [0.1, 0.15) is 55.0 Å². The van der Waals surface area contributed by atoms with E-state index >= 15 is 4.39 Å². The molecule has 2 saturated heterocycles. The van der Waals surface area contributed by atoms with Gasteiger partial charge in [-0.2, -0.15) is 0 Å². The highest BCUT2D eigenvalue weighted by Crippen LogP contribution is 2.45. The molecule has 1 saturated carbocycles. The number of rotatable bonds is 9. The van der Waals surface area contributed by atoms with Crippen molar-refractivity contribution in [2.45, 2.75) is 50.2 Å². The molecule has 0 radical (unpaired) electrons. The molecule has 1 aromatic heterocycles. The maximum atomic E-state index is 15.5. The number of piperidine rings is 1. The third kappa shape index (κ3) is 5.74. The summed E-state index contributed by atoms with van der Waals surface area (Å²) in [6.45, 7) is 8.14. The van der Waals surface area contributed by atoms with Crippen LogP contribution < -0.4 is 15.0 Å². The molecule has 2 aliphatic heterocycles. The molecule has 3 aliphatic rings. The SMILES string of the molecule is COc1ccccc1C1CCN(c2nc(C3(F)CCC3)nc3ccc(CNCCN4CCOCC4)cc23)CC1. The highest BCUT2D eigenvalue weighted by molar-refractivity contribution is 5.90. The number of alkyl halides is 1. The molecule has 3 fully saturated rings. The molecule has 1 N–H and O–H groups in total. The fourth-order valence-electron chi connectivity index (χ4n) is 6.12. The molecule has 0 amide bonds. The number of fused-ring (bicyclic) bond motifs is 1. The van der Waals surface area contributed by atoms with E-state index in [4.69, 9.17) is 19.4 Å². The minimum Gasteiger partial charge on any atom is -0.496 e. The van der Waals surface area contributed by atoms with Gasteiger partial charge in [0.2, 0.25) is 0 Å². The van der Waals surface area contributed by atoms with Crippen LogP contribution in [0, 0.1) is 0 Å². The fourth-order valence-corrected chi connectivity index (χ4v) is 6.12. The van der Waals surface area contributed by atoms with Gasteiger partial charge in [0, 0.05) is 51.2 Å². The normalized spacial score (nSPS) is 20.2. The van der Waals surface area contributed by atoms with Crippen molar-refractivity contribution in [3.63, 3.8) is 0 Å². The zero-order valence-electron chi connectivity index (χ0n) is 23.0. The second kappa shape index (κ2) is 11.7. The fraction of sp³-hybridized carbons (Fsp3) is 0.548. The topological polar surface area (TPSA) is 62.8 Å². The first-order valence-corrected chi connectivity index (χ1v) is 14.5. The number of nitrogens with one attached hydrogen (secondary N) is 1. The maximum absolute atomic E-state index is 15.5. The van der Waals surface area contributed by atoms with Crippen molar-refractivity contribution in [1.29, 1.82) is 0 Å². The van der Waals surface area contributed by atoms with E-state index < -0.39 is 5.67 Å². The van der Waals surface area contributed by atoms with Crippen molar-refractivity contribution >= 4 is 16.7 Å². The van der Waals surface area contributed by atoms with Crippen LogP contribution in [0.5, 0.6) is 5.75 Å². The van der Waals surface area contributed by atoms with E-state index in [0.29, 0.717) is 24.6 Å². The van der Waals surface area contributed by atoms with Crippen LogP contribution >= 0.6 is 0 Å². The number of anilines is 1. The lowest BCUT2D eigenvalue weighted by Gasteiger charge is -2.36. The highest BCUT2D eigenvalue weighted by Gasteiger charge is 2.42. The summed E-state index contributed by atoms with van der Waals surface area (Å²) < 4.78 is 26.6. The molecule has 1 aliphatic carbocycles. The molecular formula is C31H40FN5O2. The lowest BCUT2D eigenvalue weighted by molar-refractivity contribution is 0.0384. The first-order chi connectivity index (χ1) is 19.1. The number of halogens is 1. The number of morpholine rings is 1. The van der Waals surface area contributed by atoms with E-state index in [1.807, 2.05) is 18.2 Å². The molecule has 0 atom stereocenters. The number of aromatic nitrogens is 2. The summed E-state index contributed by atoms with van der Waals surface area (Å²) >= 11 is 0. The number of methoxy groups -OCH3 is 1. The second-order valence-corrected chi connectivity index (χ2v) is 11.2. The van der Waals surface area contributed by atoms with Crippen LogP contribution in [0.15, 0.2) is 42.5 Å². The van der Waals surface area contributed by atoms with Crippen molar-refractivity contribution in [2.24, 2.45) is 0 Å². The predicted molar refractivity (Wildman–Crippen MR) is 152 cm³/mol. The first-order valence-electron chi connectivity index (χ1n) is 14.5. The largest absolute Gasteiger partial charge is 0.496 e. The molecule has 39 heavy (non-hydrogen) atoms. The van der Waals surface area contributed by atoms with Crippen LogP contribution in [-0.2, 0) is 17.0 Å². The third-order valence-electron chi connectivity index (χ3n) is 8.70. The molecule has 0 unspecified atom stereocenters. The van der Waals surface area contributed by atoms with Gasteiger partial charge in [-0.25, -0.2) is 14.4 Å². The molecule has 7 nitrogen and oxygen atoms in total. The predicted octanol–water partition coefficient (Wildman–Crippen LogP) is 4.79. The molecule has 6 rings (SSSR count). The Kier molecular flexibility index (Phi) is 7.95. The van der Waals surface area contributed by atoms with Crippen LogP contribution in [0.3, 0.4) is 0 Å². The number of nitrogens with zero attached hydrogens (tertiary/aromatic N) is 4. The maximum Gasteiger partial charge on any atom is 0.170 e. The molecule has 3 heterocycles. The minimum absolute atomic E-state index is 0.361. The average Bonchev–Trinajstić information content (AvgIpc) is 2.98. The molecule has 3 aromatic rings. The van der Waals surface area contributed by atoms with Crippen molar-refractivity contribution < 1.29 is 13.9 Å². The summed E-state index contributed by atoms with van der Waals surface area (Å²) in [5, 5.41) is 4.61. The van der Waals surface area contributed by atoms with Crippen LogP contribution in [0.25, 0.3) is 10.9 Å². The quantitative estimate of drug-likeness (QED) is 0.397. The lowest BCUT2D eigenvalue weighted by atomic mass is 9.81. The minimum atomic E-state index is -1.39. The molecular weight excluding hydrogens is 493 g/mol. The van der Waals surface area contributed by atoms with Crippen molar-refractivity contribution in [2.75, 3.05) is 64.5 Å². The summed E-state index contributed by atoms with van der Waals surface area (Å²) in [6, 6.07) is 14.7. The average molecular weight is 534 g/mol. The van der Waals surface area contributed by atoms with Crippen molar-refractivity contribution in [3.8, 4) is 5.75 Å². The summed E-state index contributed by atoms with van der Waals surface area (Å²) in [5.41, 5.74) is 1.92. The zero-order chi connectivity index (χ0) is 26.7. The standard InChI is InChI=1S/C31H40FN5O2/c1-38-28-6-3-2-5-25(28)24-9-14-37(15-10-24)29-26-21-23(22-33-13-16-36-17-19-39-20-18-36)7-8-27(26)34-30(35-29)31(32)11-4-12-31/h2-3,5-8,21,24,33H,4,9-20,22H2,1H3. The van der Waals surface area contributed by atoms with Gasteiger partial charge in [0.05, 0.1) is 25.8 Å². The summed E-state index contributed by atoms with van der Waals surface area (Å²) in [7, 11) is 1.74. The second-order valence-electron chi connectivity index (χ2n) is 11.2. The number of para-hydroxylation sites is 1. The Bertz CT molecular complexity index is 1270. The van der Waals surface area contributed by atoms with Crippen LogP contribution in [0.2, 0.25) is 0 Å². The molecule has 2 aromatic carbocycles. The van der Waals surface area contributed by atoms with E-state index in [1.165, 1.54) is 11.1 Å². The van der Waals surface area contributed by atoms with Crippen molar-refractivity contribution in [3.05, 3.63) is 59.4 Å². The van der Waals surface area contributed by atoms with Gasteiger partial charge in [-0.05, 0) is 67.3 Å². The first kappa shape index (κ1) is 26.4. The molecule has 0 spiro atoms. The lowest BCUT2D eigenvalue weighted by Crippen LogP contribution is -2.40. The van der Waals surface area contributed by atoms with Gasteiger partial charge < -0.3 is 19.7 Å². The number of ether oxygens (including phenoxy) is 2. The van der Waals surface area contributed by atoms with Gasteiger partial charge in [-0.1, -0.05) is 24.3 Å². The van der Waals surface area contributed by atoms with Crippen LogP contribution in [0.4, 0.5) is 10.2 Å². The van der Waals surface area contributed by atoms with E-state index in [2.05, 4.69) is 39.4 Å². The van der Waals surface area contributed by atoms with Gasteiger partial charge in [-0.15, -0.1) is 0 Å². The highest BCUT2D eigenvalue weighted by atomic mass is 19.1. The van der Waals surface area contributed by atoms with Gasteiger partial charge in [0.15, 0.2) is 11.5 Å². The Morgan fingerprint density at radius 2 is 1.85 bits per heavy atom. The van der Waals surface area contributed by atoms with Gasteiger partial charge in [-0.3, -0.25) is 4.90 Å². The monoisotopic (exact) mass is 533 g/mol. The number of benzene rings is 2.